The molecule has 0 amide bonds. The Morgan fingerprint density at radius 2 is 1.91 bits per heavy atom. The molecule has 22 heavy (non-hydrogen) atoms. The molecule has 0 atom stereocenters. The van der Waals surface area contributed by atoms with Gasteiger partial charge in [0.25, 0.3) is 5.70 Å². The minimum atomic E-state index is -0.600. The lowest BCUT2D eigenvalue weighted by Crippen LogP contribution is -2.24. The zero-order valence-corrected chi connectivity index (χ0v) is 14.9. The molecule has 2 rings (SSSR count). The van der Waals surface area contributed by atoms with Crippen molar-refractivity contribution in [3.63, 3.8) is 0 Å². The van der Waals surface area contributed by atoms with Crippen LogP contribution < -0.4 is 4.90 Å². The fourth-order valence-corrected chi connectivity index (χ4v) is 4.00. The standard InChI is InChI=1S/C16H18N2O2S2/c1-16(2,3)20-15(19)11(17-4)7-10-8-12-13(21-10)9-14(22-12)18(5)6/h7-9H,1-3,5-6H3/b11-7-. The summed E-state index contributed by atoms with van der Waals surface area (Å²) in [5.41, 5.74) is -0.589. The van der Waals surface area contributed by atoms with E-state index in [1.807, 2.05) is 20.2 Å². The second kappa shape index (κ2) is 6.11. The second-order valence-corrected chi connectivity index (χ2v) is 8.18. The van der Waals surface area contributed by atoms with Crippen molar-refractivity contribution in [2.45, 2.75) is 26.4 Å². The summed E-state index contributed by atoms with van der Waals surface area (Å²) in [6.07, 6.45) is 1.60. The van der Waals surface area contributed by atoms with Gasteiger partial charge < -0.3 is 9.64 Å². The van der Waals surface area contributed by atoms with Gasteiger partial charge in [-0.1, -0.05) is 0 Å². The van der Waals surface area contributed by atoms with Crippen molar-refractivity contribution in [1.82, 2.24) is 0 Å². The summed E-state index contributed by atoms with van der Waals surface area (Å²) in [4.78, 5) is 18.3. The topological polar surface area (TPSA) is 33.9 Å². The molecule has 0 saturated heterocycles. The van der Waals surface area contributed by atoms with Gasteiger partial charge >= 0.3 is 5.97 Å². The highest BCUT2D eigenvalue weighted by Gasteiger charge is 2.20. The number of fused-ring (bicyclic) bond motifs is 1. The van der Waals surface area contributed by atoms with Crippen molar-refractivity contribution in [3.8, 4) is 0 Å². The Hall–Kier alpha value is -1.84. The van der Waals surface area contributed by atoms with Gasteiger partial charge in [0.05, 0.1) is 11.6 Å². The summed E-state index contributed by atoms with van der Waals surface area (Å²) >= 11 is 3.26. The van der Waals surface area contributed by atoms with Crippen molar-refractivity contribution in [2.75, 3.05) is 19.0 Å². The number of thiophene rings is 2. The van der Waals surface area contributed by atoms with E-state index in [2.05, 4.69) is 15.8 Å². The molecule has 0 N–H and O–H groups in total. The van der Waals surface area contributed by atoms with Gasteiger partial charge in [0, 0.05) is 28.4 Å². The highest BCUT2D eigenvalue weighted by atomic mass is 32.1. The monoisotopic (exact) mass is 334 g/mol. The summed E-state index contributed by atoms with van der Waals surface area (Å²) in [5.74, 6) is -0.576. The molecule has 0 aromatic carbocycles. The zero-order valence-electron chi connectivity index (χ0n) is 13.3. The molecule has 0 aliphatic rings. The van der Waals surface area contributed by atoms with Crippen LogP contribution in [0.1, 0.15) is 25.6 Å². The van der Waals surface area contributed by atoms with Gasteiger partial charge in [-0.3, -0.25) is 4.79 Å². The Morgan fingerprint density at radius 3 is 2.41 bits per heavy atom. The maximum Gasteiger partial charge on any atom is 0.336 e. The third-order valence-electron chi connectivity index (χ3n) is 2.66. The van der Waals surface area contributed by atoms with Crippen molar-refractivity contribution >= 4 is 49.1 Å². The number of rotatable bonds is 3. The van der Waals surface area contributed by atoms with Gasteiger partial charge in [-0.15, -0.1) is 22.7 Å². The molecule has 0 saturated carbocycles. The molecule has 0 bridgehead atoms. The molecule has 0 unspecified atom stereocenters. The first-order valence-corrected chi connectivity index (χ1v) is 8.36. The first kappa shape index (κ1) is 16.5. The third-order valence-corrected chi connectivity index (χ3v) is 5.07. The highest BCUT2D eigenvalue weighted by molar-refractivity contribution is 7.30. The second-order valence-electron chi connectivity index (χ2n) is 6.00. The van der Waals surface area contributed by atoms with Crippen LogP contribution in [0.4, 0.5) is 5.00 Å². The van der Waals surface area contributed by atoms with Gasteiger partial charge in [0.1, 0.15) is 5.60 Å². The molecule has 0 aliphatic heterocycles. The number of esters is 1. The molecule has 0 fully saturated rings. The average molecular weight is 334 g/mol. The lowest BCUT2D eigenvalue weighted by atomic mass is 10.2. The van der Waals surface area contributed by atoms with Gasteiger partial charge in [-0.05, 0) is 39.0 Å². The Balaban J connectivity index is 2.28. The van der Waals surface area contributed by atoms with E-state index in [0.29, 0.717) is 0 Å². The third kappa shape index (κ3) is 3.87. The van der Waals surface area contributed by atoms with E-state index < -0.39 is 11.6 Å². The number of carbonyl (C=O) groups excluding carboxylic acids is 1. The summed E-state index contributed by atoms with van der Waals surface area (Å²) in [6, 6.07) is 4.13. The van der Waals surface area contributed by atoms with E-state index in [1.54, 1.807) is 49.5 Å². The number of ether oxygens (including phenoxy) is 1. The minimum Gasteiger partial charge on any atom is -0.465 e. The molecule has 6 heteroatoms. The van der Waals surface area contributed by atoms with Crippen LogP contribution in [0, 0.1) is 6.57 Å². The largest absolute Gasteiger partial charge is 0.465 e. The maximum atomic E-state index is 12.0. The lowest BCUT2D eigenvalue weighted by Gasteiger charge is -2.19. The first-order chi connectivity index (χ1) is 10.2. The van der Waals surface area contributed by atoms with Crippen molar-refractivity contribution in [3.05, 3.63) is 34.1 Å². The number of nitrogens with zero attached hydrogens (tertiary/aromatic N) is 2. The van der Waals surface area contributed by atoms with Crippen LogP contribution in [0.15, 0.2) is 17.8 Å². The molecule has 0 spiro atoms. The van der Waals surface area contributed by atoms with Crippen LogP contribution in [0.3, 0.4) is 0 Å². The lowest BCUT2D eigenvalue weighted by molar-refractivity contribution is -0.149. The predicted octanol–water partition coefficient (Wildman–Crippen LogP) is 4.63. The quantitative estimate of drug-likeness (QED) is 0.466. The SMILES string of the molecule is [C-]#[N+]/C(=C\c1cc2sc(N(C)C)cc2s1)C(=O)OC(C)(C)C. The smallest absolute Gasteiger partial charge is 0.336 e. The molecule has 2 aromatic rings. The molecular formula is C16H18N2O2S2. The van der Waals surface area contributed by atoms with Gasteiger partial charge in [0.2, 0.25) is 0 Å². The first-order valence-electron chi connectivity index (χ1n) is 6.73. The molecule has 4 nitrogen and oxygen atoms in total. The maximum absolute atomic E-state index is 12.0. The van der Waals surface area contributed by atoms with E-state index in [9.17, 15) is 4.79 Å². The normalized spacial score (nSPS) is 12.3. The predicted molar refractivity (Wildman–Crippen MR) is 94.5 cm³/mol. The van der Waals surface area contributed by atoms with E-state index >= 15 is 0 Å². The molecular weight excluding hydrogens is 316 g/mol. The van der Waals surface area contributed by atoms with Crippen LogP contribution in [-0.4, -0.2) is 25.7 Å². The van der Waals surface area contributed by atoms with Gasteiger partial charge in [-0.2, -0.15) is 0 Å². The molecule has 0 aliphatic carbocycles. The summed E-state index contributed by atoms with van der Waals surface area (Å²) in [7, 11) is 4.02. The Kier molecular flexibility index (Phi) is 4.59. The van der Waals surface area contributed by atoms with E-state index in [-0.39, 0.29) is 5.70 Å². The summed E-state index contributed by atoms with van der Waals surface area (Å²) in [6.45, 7) is 12.6. The number of carbonyl (C=O) groups is 1. The fraction of sp³-hybridized carbons (Fsp3) is 0.375. The van der Waals surface area contributed by atoms with Crippen molar-refractivity contribution in [2.24, 2.45) is 0 Å². The number of hydrogen-bond donors (Lipinski definition) is 0. The van der Waals surface area contributed by atoms with E-state index in [1.165, 1.54) is 5.00 Å². The molecule has 2 heterocycles. The van der Waals surface area contributed by atoms with E-state index in [0.717, 1.165) is 14.3 Å². The summed E-state index contributed by atoms with van der Waals surface area (Å²) in [5, 5.41) is 1.19. The van der Waals surface area contributed by atoms with Crippen molar-refractivity contribution < 1.29 is 9.53 Å². The van der Waals surface area contributed by atoms with Crippen LogP contribution >= 0.6 is 22.7 Å². The summed E-state index contributed by atoms with van der Waals surface area (Å²) < 4.78 is 7.57. The Labute approximate surface area is 138 Å². The Bertz CT molecular complexity index is 739. The van der Waals surface area contributed by atoms with Crippen LogP contribution in [-0.2, 0) is 9.53 Å². The fourth-order valence-electron chi connectivity index (χ4n) is 1.74. The number of hydrogen-bond acceptors (Lipinski definition) is 5. The van der Waals surface area contributed by atoms with Crippen LogP contribution in [0.25, 0.3) is 20.3 Å². The van der Waals surface area contributed by atoms with E-state index in [4.69, 9.17) is 11.3 Å². The van der Waals surface area contributed by atoms with Gasteiger partial charge in [-0.25, -0.2) is 4.85 Å². The molecule has 0 radical (unpaired) electrons. The zero-order chi connectivity index (χ0) is 16.5. The van der Waals surface area contributed by atoms with Crippen LogP contribution in [0.5, 0.6) is 0 Å². The highest BCUT2D eigenvalue weighted by Crippen LogP contribution is 2.38. The van der Waals surface area contributed by atoms with Crippen LogP contribution in [0.2, 0.25) is 0 Å². The Morgan fingerprint density at radius 1 is 1.27 bits per heavy atom. The molecule has 2 aromatic heterocycles. The average Bonchev–Trinajstić information content (AvgIpc) is 2.91. The molecule has 116 valence electrons. The van der Waals surface area contributed by atoms with Gasteiger partial charge in [0.15, 0.2) is 0 Å². The van der Waals surface area contributed by atoms with Crippen molar-refractivity contribution in [1.29, 1.82) is 0 Å². The number of anilines is 1. The minimum absolute atomic E-state index is 0.0108.